The second kappa shape index (κ2) is 6.29. The Kier molecular flexibility index (Phi) is 4.72. The van der Waals surface area contributed by atoms with Gasteiger partial charge in [0.05, 0.1) is 12.5 Å². The normalized spacial score (nSPS) is 24.6. The molecule has 0 saturated heterocycles. The van der Waals surface area contributed by atoms with E-state index in [0.717, 1.165) is 36.4 Å². The van der Waals surface area contributed by atoms with E-state index in [-0.39, 0.29) is 17.9 Å². The number of amides is 1. The van der Waals surface area contributed by atoms with Crippen molar-refractivity contribution in [2.24, 2.45) is 11.7 Å². The molecule has 0 bridgehead atoms. The van der Waals surface area contributed by atoms with Gasteiger partial charge in [-0.3, -0.25) is 4.79 Å². The van der Waals surface area contributed by atoms with Crippen LogP contribution in [0.2, 0.25) is 0 Å². The Balaban J connectivity index is 1.86. The van der Waals surface area contributed by atoms with E-state index in [1.165, 1.54) is 6.42 Å². The first-order chi connectivity index (χ1) is 8.66. The number of carbonyl (C=O) groups is 1. The zero-order valence-electron chi connectivity index (χ0n) is 10.8. The number of nitrogens with one attached hydrogen (secondary N) is 1. The van der Waals surface area contributed by atoms with Crippen molar-refractivity contribution in [1.29, 1.82) is 0 Å². The summed E-state index contributed by atoms with van der Waals surface area (Å²) in [5.74, 6) is 0.0748. The molecule has 1 aliphatic rings. The van der Waals surface area contributed by atoms with Gasteiger partial charge < -0.3 is 11.1 Å². The molecule has 0 aliphatic heterocycles. The third-order valence-corrected chi connectivity index (χ3v) is 4.45. The third kappa shape index (κ3) is 3.53. The Labute approximate surface area is 112 Å². The fourth-order valence-electron chi connectivity index (χ4n) is 2.44. The van der Waals surface area contributed by atoms with Crippen molar-refractivity contribution in [3.05, 3.63) is 16.1 Å². The van der Waals surface area contributed by atoms with Gasteiger partial charge in [0, 0.05) is 17.1 Å². The highest BCUT2D eigenvalue weighted by atomic mass is 32.1. The minimum absolute atomic E-state index is 0.0190. The van der Waals surface area contributed by atoms with Crippen molar-refractivity contribution in [3.63, 3.8) is 0 Å². The lowest BCUT2D eigenvalue weighted by molar-refractivity contribution is -0.126. The molecular formula is C13H21N3OS. The predicted molar refractivity (Wildman–Crippen MR) is 73.2 cm³/mol. The van der Waals surface area contributed by atoms with Crippen molar-refractivity contribution in [3.8, 4) is 0 Å². The van der Waals surface area contributed by atoms with Gasteiger partial charge in [-0.1, -0.05) is 19.3 Å². The molecule has 18 heavy (non-hydrogen) atoms. The fraction of sp³-hybridized carbons (Fsp3) is 0.692. The van der Waals surface area contributed by atoms with E-state index in [9.17, 15) is 4.79 Å². The molecule has 0 aromatic carbocycles. The maximum Gasteiger partial charge on any atom is 0.225 e. The van der Waals surface area contributed by atoms with Gasteiger partial charge in [0.2, 0.25) is 5.91 Å². The van der Waals surface area contributed by atoms with Crippen LogP contribution < -0.4 is 11.1 Å². The standard InChI is InChI=1S/C13H21N3OS/c1-9-8-18-12(16-9)7-15-13(17)10-5-3-2-4-6-11(10)14/h8,10-11H,2-7,14H2,1H3,(H,15,17). The Morgan fingerprint density at radius 2 is 2.28 bits per heavy atom. The monoisotopic (exact) mass is 267 g/mol. The summed E-state index contributed by atoms with van der Waals surface area (Å²) in [6.07, 6.45) is 5.35. The summed E-state index contributed by atoms with van der Waals surface area (Å²) in [5, 5.41) is 5.93. The molecule has 5 heteroatoms. The molecule has 4 nitrogen and oxygen atoms in total. The van der Waals surface area contributed by atoms with Crippen LogP contribution in [0.4, 0.5) is 0 Å². The molecule has 100 valence electrons. The molecule has 3 N–H and O–H groups in total. The van der Waals surface area contributed by atoms with Crippen LogP contribution in [0.25, 0.3) is 0 Å². The van der Waals surface area contributed by atoms with Crippen LogP contribution >= 0.6 is 11.3 Å². The number of nitrogens with zero attached hydrogens (tertiary/aromatic N) is 1. The van der Waals surface area contributed by atoms with E-state index in [4.69, 9.17) is 5.73 Å². The van der Waals surface area contributed by atoms with Crippen molar-refractivity contribution in [2.75, 3.05) is 0 Å². The van der Waals surface area contributed by atoms with Gasteiger partial charge >= 0.3 is 0 Å². The summed E-state index contributed by atoms with van der Waals surface area (Å²) in [5.41, 5.74) is 7.09. The highest BCUT2D eigenvalue weighted by Gasteiger charge is 2.26. The van der Waals surface area contributed by atoms with E-state index in [0.29, 0.717) is 6.54 Å². The molecule has 1 aromatic heterocycles. The lowest BCUT2D eigenvalue weighted by atomic mass is 9.95. The van der Waals surface area contributed by atoms with Gasteiger partial charge in [-0.05, 0) is 19.8 Å². The summed E-state index contributed by atoms with van der Waals surface area (Å²) >= 11 is 1.59. The maximum absolute atomic E-state index is 12.1. The van der Waals surface area contributed by atoms with Crippen molar-refractivity contribution in [1.82, 2.24) is 10.3 Å². The number of rotatable bonds is 3. The number of hydrogen-bond acceptors (Lipinski definition) is 4. The molecule has 2 rings (SSSR count). The first-order valence-corrected chi connectivity index (χ1v) is 7.49. The van der Waals surface area contributed by atoms with E-state index >= 15 is 0 Å². The summed E-state index contributed by atoms with van der Waals surface area (Å²) in [6.45, 7) is 2.49. The highest BCUT2D eigenvalue weighted by molar-refractivity contribution is 7.09. The first kappa shape index (κ1) is 13.5. The Morgan fingerprint density at radius 1 is 1.50 bits per heavy atom. The highest BCUT2D eigenvalue weighted by Crippen LogP contribution is 2.22. The predicted octanol–water partition coefficient (Wildman–Crippen LogP) is 1.98. The summed E-state index contributed by atoms with van der Waals surface area (Å²) < 4.78 is 0. The number of nitrogens with two attached hydrogens (primary N) is 1. The van der Waals surface area contributed by atoms with Crippen LogP contribution in [0.1, 0.15) is 42.8 Å². The van der Waals surface area contributed by atoms with Gasteiger partial charge in [0.1, 0.15) is 5.01 Å². The molecule has 1 heterocycles. The van der Waals surface area contributed by atoms with Crippen LogP contribution in [0.3, 0.4) is 0 Å². The Morgan fingerprint density at radius 3 is 3.00 bits per heavy atom. The first-order valence-electron chi connectivity index (χ1n) is 6.61. The molecule has 2 unspecified atom stereocenters. The van der Waals surface area contributed by atoms with Crippen LogP contribution in [0.5, 0.6) is 0 Å². The minimum Gasteiger partial charge on any atom is -0.349 e. The number of carbonyl (C=O) groups excluding carboxylic acids is 1. The Hall–Kier alpha value is -0.940. The zero-order valence-corrected chi connectivity index (χ0v) is 11.6. The molecule has 1 aromatic rings. The van der Waals surface area contributed by atoms with Crippen molar-refractivity contribution >= 4 is 17.2 Å². The topological polar surface area (TPSA) is 68.0 Å². The fourth-order valence-corrected chi connectivity index (χ4v) is 3.15. The zero-order chi connectivity index (χ0) is 13.0. The molecule has 0 radical (unpaired) electrons. The lowest BCUT2D eigenvalue weighted by Gasteiger charge is -2.20. The second-order valence-corrected chi connectivity index (χ2v) is 5.95. The molecule has 1 fully saturated rings. The van der Waals surface area contributed by atoms with Crippen LogP contribution in [-0.4, -0.2) is 16.9 Å². The molecule has 1 amide bonds. The summed E-state index contributed by atoms with van der Waals surface area (Å²) in [6, 6.07) is 0.0190. The average molecular weight is 267 g/mol. The number of aromatic nitrogens is 1. The molecule has 1 saturated carbocycles. The van der Waals surface area contributed by atoms with Crippen molar-refractivity contribution in [2.45, 2.75) is 51.6 Å². The third-order valence-electron chi connectivity index (χ3n) is 3.49. The number of aryl methyl sites for hydroxylation is 1. The van der Waals surface area contributed by atoms with Crippen LogP contribution in [-0.2, 0) is 11.3 Å². The molecule has 2 atom stereocenters. The van der Waals surface area contributed by atoms with Crippen molar-refractivity contribution < 1.29 is 4.79 Å². The average Bonchev–Trinajstić information content (AvgIpc) is 2.64. The van der Waals surface area contributed by atoms with Crippen LogP contribution in [0.15, 0.2) is 5.38 Å². The SMILES string of the molecule is Cc1csc(CNC(=O)C2CCCCCC2N)n1. The van der Waals surface area contributed by atoms with Gasteiger partial charge in [-0.15, -0.1) is 11.3 Å². The largest absolute Gasteiger partial charge is 0.349 e. The van der Waals surface area contributed by atoms with Crippen LogP contribution in [0, 0.1) is 12.8 Å². The summed E-state index contributed by atoms with van der Waals surface area (Å²) in [7, 11) is 0. The molecule has 1 aliphatic carbocycles. The van der Waals surface area contributed by atoms with Gasteiger partial charge in [-0.25, -0.2) is 4.98 Å². The van der Waals surface area contributed by atoms with Gasteiger partial charge in [0.25, 0.3) is 0 Å². The second-order valence-electron chi connectivity index (χ2n) is 5.01. The minimum atomic E-state index is -0.0199. The van der Waals surface area contributed by atoms with E-state index in [1.807, 2.05) is 12.3 Å². The Bertz CT molecular complexity index is 405. The molecular weight excluding hydrogens is 246 g/mol. The number of thiazole rings is 1. The van der Waals surface area contributed by atoms with Gasteiger partial charge in [-0.2, -0.15) is 0 Å². The number of hydrogen-bond donors (Lipinski definition) is 2. The van der Waals surface area contributed by atoms with E-state index in [2.05, 4.69) is 10.3 Å². The van der Waals surface area contributed by atoms with E-state index in [1.54, 1.807) is 11.3 Å². The molecule has 0 spiro atoms. The van der Waals surface area contributed by atoms with Gasteiger partial charge in [0.15, 0.2) is 0 Å². The quantitative estimate of drug-likeness (QED) is 0.823. The maximum atomic E-state index is 12.1. The lowest BCUT2D eigenvalue weighted by Crippen LogP contribution is -2.41. The summed E-state index contributed by atoms with van der Waals surface area (Å²) in [4.78, 5) is 16.5. The smallest absolute Gasteiger partial charge is 0.225 e. The van der Waals surface area contributed by atoms with E-state index < -0.39 is 0 Å².